The molecule has 0 spiro atoms. The highest BCUT2D eigenvalue weighted by Gasteiger charge is 2.19. The molecule has 0 atom stereocenters. The van der Waals surface area contributed by atoms with Crippen LogP contribution in [0.3, 0.4) is 0 Å². The summed E-state index contributed by atoms with van der Waals surface area (Å²) in [6, 6.07) is 2.13. The molecule has 0 amide bonds. The van der Waals surface area contributed by atoms with Gasteiger partial charge in [-0.3, -0.25) is 0 Å². The van der Waals surface area contributed by atoms with E-state index in [1.807, 2.05) is 0 Å². The molecule has 0 aromatic carbocycles. The Morgan fingerprint density at radius 1 is 1.14 bits per heavy atom. The molecule has 0 bridgehead atoms. The highest BCUT2D eigenvalue weighted by Crippen LogP contribution is 2.23. The third-order valence-electron chi connectivity index (χ3n) is 4.21. The van der Waals surface area contributed by atoms with Crippen LogP contribution in [0.2, 0.25) is 0 Å². The lowest BCUT2D eigenvalue weighted by Gasteiger charge is -2.31. The van der Waals surface area contributed by atoms with E-state index in [1.165, 1.54) is 12.8 Å². The zero-order valence-electron chi connectivity index (χ0n) is 14.1. The molecule has 1 aliphatic heterocycles. The molecule has 0 unspecified atom stereocenters. The van der Waals surface area contributed by atoms with E-state index < -0.39 is 0 Å². The lowest BCUT2D eigenvalue weighted by atomic mass is 10.00. The Morgan fingerprint density at radius 3 is 2.33 bits per heavy atom. The van der Waals surface area contributed by atoms with E-state index in [0.717, 1.165) is 62.4 Å². The van der Waals surface area contributed by atoms with E-state index in [1.54, 1.807) is 0 Å². The van der Waals surface area contributed by atoms with E-state index in [2.05, 4.69) is 48.5 Å². The second kappa shape index (κ2) is 7.62. The average Bonchev–Trinajstić information content (AvgIpc) is 2.47. The molecule has 0 saturated carbocycles. The molecule has 1 saturated heterocycles. The van der Waals surface area contributed by atoms with Crippen molar-refractivity contribution in [3.63, 3.8) is 0 Å². The monoisotopic (exact) mass is 290 g/mol. The van der Waals surface area contributed by atoms with E-state index in [-0.39, 0.29) is 0 Å². The van der Waals surface area contributed by atoms with Gasteiger partial charge < -0.3 is 9.80 Å². The van der Waals surface area contributed by atoms with Gasteiger partial charge in [-0.1, -0.05) is 20.8 Å². The average molecular weight is 290 g/mol. The summed E-state index contributed by atoms with van der Waals surface area (Å²) in [5.41, 5.74) is 1.07. The fraction of sp³-hybridized carbons (Fsp3) is 0.765. The minimum absolute atomic E-state index is 0.835. The molecule has 2 rings (SSSR count). The molecular weight excluding hydrogens is 260 g/mol. The Balaban J connectivity index is 2.19. The number of hydrogen-bond acceptors (Lipinski definition) is 4. The minimum atomic E-state index is 0.835. The maximum absolute atomic E-state index is 4.86. The topological polar surface area (TPSA) is 32.3 Å². The molecule has 4 nitrogen and oxygen atoms in total. The molecule has 1 fully saturated rings. The van der Waals surface area contributed by atoms with Crippen molar-refractivity contribution in [2.45, 2.75) is 53.4 Å². The van der Waals surface area contributed by atoms with Gasteiger partial charge in [-0.2, -0.15) is 4.98 Å². The summed E-state index contributed by atoms with van der Waals surface area (Å²) >= 11 is 0. The Labute approximate surface area is 129 Å². The van der Waals surface area contributed by atoms with Crippen LogP contribution in [0, 0.1) is 12.8 Å². The van der Waals surface area contributed by atoms with Crippen LogP contribution in [0.15, 0.2) is 6.07 Å². The summed E-state index contributed by atoms with van der Waals surface area (Å²) in [5.74, 6) is 2.86. The SMILES string of the molecule is CCCN(CCC)c1cc(C)nc(N2CCC(C)CC2)n1. The maximum atomic E-state index is 4.86. The summed E-state index contributed by atoms with van der Waals surface area (Å²) in [5, 5.41) is 0. The smallest absolute Gasteiger partial charge is 0.227 e. The van der Waals surface area contributed by atoms with Gasteiger partial charge in [0, 0.05) is 37.9 Å². The summed E-state index contributed by atoms with van der Waals surface area (Å²) in [4.78, 5) is 14.3. The van der Waals surface area contributed by atoms with Gasteiger partial charge >= 0.3 is 0 Å². The summed E-state index contributed by atoms with van der Waals surface area (Å²) in [6.07, 6.45) is 4.81. The molecule has 21 heavy (non-hydrogen) atoms. The predicted molar refractivity (Wildman–Crippen MR) is 90.2 cm³/mol. The van der Waals surface area contributed by atoms with Crippen molar-refractivity contribution >= 4 is 11.8 Å². The molecular formula is C17H30N4. The van der Waals surface area contributed by atoms with E-state index in [9.17, 15) is 0 Å². The van der Waals surface area contributed by atoms with Crippen molar-refractivity contribution in [3.05, 3.63) is 11.8 Å². The van der Waals surface area contributed by atoms with Crippen molar-refractivity contribution in [3.8, 4) is 0 Å². The van der Waals surface area contributed by atoms with Crippen molar-refractivity contribution in [2.75, 3.05) is 36.0 Å². The van der Waals surface area contributed by atoms with E-state index in [0.29, 0.717) is 0 Å². The highest BCUT2D eigenvalue weighted by molar-refractivity contribution is 5.46. The van der Waals surface area contributed by atoms with Gasteiger partial charge in [-0.15, -0.1) is 0 Å². The molecule has 2 heterocycles. The van der Waals surface area contributed by atoms with Crippen LogP contribution in [-0.2, 0) is 0 Å². The molecule has 0 aliphatic carbocycles. The fourth-order valence-electron chi connectivity index (χ4n) is 2.93. The predicted octanol–water partition coefficient (Wildman–Crippen LogP) is 3.65. The molecule has 1 aromatic rings. The van der Waals surface area contributed by atoms with E-state index in [4.69, 9.17) is 4.98 Å². The number of anilines is 2. The quantitative estimate of drug-likeness (QED) is 0.800. The van der Waals surface area contributed by atoms with Crippen molar-refractivity contribution in [2.24, 2.45) is 5.92 Å². The standard InChI is InChI=1S/C17H30N4/c1-5-9-20(10-6-2)16-13-15(4)18-17(19-16)21-11-7-14(3)8-12-21/h13-14H,5-12H2,1-4H3. The largest absolute Gasteiger partial charge is 0.356 e. The van der Waals surface area contributed by atoms with Gasteiger partial charge in [0.15, 0.2) is 0 Å². The first-order valence-corrected chi connectivity index (χ1v) is 8.49. The van der Waals surface area contributed by atoms with Gasteiger partial charge in [0.05, 0.1) is 0 Å². The van der Waals surface area contributed by atoms with Gasteiger partial charge in [0.2, 0.25) is 5.95 Å². The van der Waals surface area contributed by atoms with Crippen LogP contribution >= 0.6 is 0 Å². The number of aromatic nitrogens is 2. The number of piperidine rings is 1. The molecule has 4 heteroatoms. The third kappa shape index (κ3) is 4.32. The molecule has 0 radical (unpaired) electrons. The number of nitrogens with zero attached hydrogens (tertiary/aromatic N) is 4. The second-order valence-electron chi connectivity index (χ2n) is 6.32. The Bertz CT molecular complexity index is 432. The Morgan fingerprint density at radius 2 is 1.76 bits per heavy atom. The lowest BCUT2D eigenvalue weighted by Crippen LogP contribution is -2.35. The zero-order chi connectivity index (χ0) is 15.2. The minimum Gasteiger partial charge on any atom is -0.356 e. The van der Waals surface area contributed by atoms with Crippen LogP contribution in [-0.4, -0.2) is 36.1 Å². The first kappa shape index (κ1) is 16.1. The second-order valence-corrected chi connectivity index (χ2v) is 6.32. The van der Waals surface area contributed by atoms with Crippen LogP contribution in [0.5, 0.6) is 0 Å². The first-order chi connectivity index (χ1) is 10.1. The molecule has 0 N–H and O–H groups in total. The third-order valence-corrected chi connectivity index (χ3v) is 4.21. The molecule has 1 aromatic heterocycles. The van der Waals surface area contributed by atoms with Gasteiger partial charge in [-0.25, -0.2) is 4.98 Å². The highest BCUT2D eigenvalue weighted by atomic mass is 15.3. The number of hydrogen-bond donors (Lipinski definition) is 0. The van der Waals surface area contributed by atoms with Crippen molar-refractivity contribution in [1.82, 2.24) is 9.97 Å². The zero-order valence-corrected chi connectivity index (χ0v) is 14.1. The number of rotatable bonds is 6. The van der Waals surface area contributed by atoms with Crippen LogP contribution in [0.25, 0.3) is 0 Å². The van der Waals surface area contributed by atoms with E-state index >= 15 is 0 Å². The maximum Gasteiger partial charge on any atom is 0.227 e. The molecule has 118 valence electrons. The summed E-state index contributed by atoms with van der Waals surface area (Å²) < 4.78 is 0. The van der Waals surface area contributed by atoms with Crippen LogP contribution in [0.1, 0.15) is 52.1 Å². The van der Waals surface area contributed by atoms with Crippen molar-refractivity contribution in [1.29, 1.82) is 0 Å². The van der Waals surface area contributed by atoms with Crippen LogP contribution < -0.4 is 9.80 Å². The summed E-state index contributed by atoms with van der Waals surface area (Å²) in [6.45, 7) is 13.2. The Hall–Kier alpha value is -1.32. The van der Waals surface area contributed by atoms with Gasteiger partial charge in [-0.05, 0) is 38.5 Å². The van der Waals surface area contributed by atoms with Crippen LogP contribution in [0.4, 0.5) is 11.8 Å². The normalized spacial score (nSPS) is 16.3. The summed E-state index contributed by atoms with van der Waals surface area (Å²) in [7, 11) is 0. The van der Waals surface area contributed by atoms with Gasteiger partial charge in [0.1, 0.15) is 5.82 Å². The Kier molecular flexibility index (Phi) is 5.83. The lowest BCUT2D eigenvalue weighted by molar-refractivity contribution is 0.434. The van der Waals surface area contributed by atoms with Gasteiger partial charge in [0.25, 0.3) is 0 Å². The van der Waals surface area contributed by atoms with Crippen molar-refractivity contribution < 1.29 is 0 Å². The first-order valence-electron chi connectivity index (χ1n) is 8.49. The fourth-order valence-corrected chi connectivity index (χ4v) is 2.93. The number of aryl methyl sites for hydroxylation is 1. The molecule has 1 aliphatic rings.